The van der Waals surface area contributed by atoms with Crippen LogP contribution in [0, 0.1) is 0 Å². The van der Waals surface area contributed by atoms with Crippen LogP contribution < -0.4 is 11.1 Å². The number of anilines is 2. The van der Waals surface area contributed by atoms with E-state index in [0.29, 0.717) is 21.5 Å². The largest absolute Gasteiger partial charge is 0.383 e. The average Bonchev–Trinajstić information content (AvgIpc) is 2.77. The Morgan fingerprint density at radius 2 is 1.83 bits per heavy atom. The molecule has 0 aliphatic carbocycles. The molecule has 2 aromatic carbocycles. The Morgan fingerprint density at radius 3 is 2.57 bits per heavy atom. The Bertz CT molecular complexity index is 1030. The minimum absolute atomic E-state index is 0.159. The number of aromatic nitrogens is 1. The number of nitrogens with two attached hydrogens (primary N) is 1. The Labute approximate surface area is 185 Å². The number of carbonyl (C=O) groups excluding carboxylic acids is 1. The van der Waals surface area contributed by atoms with Crippen molar-refractivity contribution < 1.29 is 4.79 Å². The monoisotopic (exact) mass is 464 g/mol. The predicted molar refractivity (Wildman–Crippen MR) is 125 cm³/mol. The van der Waals surface area contributed by atoms with Crippen LogP contribution >= 0.6 is 15.9 Å². The third-order valence-corrected chi connectivity index (χ3v) is 6.06. The van der Waals surface area contributed by atoms with Gasteiger partial charge in [0.25, 0.3) is 5.91 Å². The van der Waals surface area contributed by atoms with Crippen LogP contribution in [0.3, 0.4) is 0 Å². The van der Waals surface area contributed by atoms with E-state index in [2.05, 4.69) is 49.3 Å². The van der Waals surface area contributed by atoms with Gasteiger partial charge in [0.15, 0.2) is 0 Å². The van der Waals surface area contributed by atoms with Crippen molar-refractivity contribution in [3.63, 3.8) is 0 Å². The number of likely N-dealkylation sites (tertiary alicyclic amines) is 1. The third-order valence-electron chi connectivity index (χ3n) is 5.42. The molecule has 3 aromatic rings. The summed E-state index contributed by atoms with van der Waals surface area (Å²) < 4.78 is 0.658. The molecule has 154 valence electrons. The summed E-state index contributed by atoms with van der Waals surface area (Å²) in [6.07, 6.45) is 5.33. The highest BCUT2D eigenvalue weighted by atomic mass is 79.9. The fourth-order valence-corrected chi connectivity index (χ4v) is 4.19. The summed E-state index contributed by atoms with van der Waals surface area (Å²) in [5, 5.41) is 2.92. The molecule has 0 radical (unpaired) electrons. The summed E-state index contributed by atoms with van der Waals surface area (Å²) in [6.45, 7) is 3.06. The fourth-order valence-electron chi connectivity index (χ4n) is 3.84. The fraction of sp³-hybridized carbons (Fsp3) is 0.250. The molecule has 1 aromatic heterocycles. The molecule has 2 heterocycles. The highest BCUT2D eigenvalue weighted by molar-refractivity contribution is 9.10. The Balaban J connectivity index is 1.62. The summed E-state index contributed by atoms with van der Waals surface area (Å²) in [7, 11) is 0. The molecule has 0 spiro atoms. The van der Waals surface area contributed by atoms with Crippen LogP contribution in [0.1, 0.15) is 35.2 Å². The first-order valence-corrected chi connectivity index (χ1v) is 11.0. The number of pyridine rings is 1. The normalized spacial score (nSPS) is 14.4. The molecule has 0 atom stereocenters. The number of hydrogen-bond acceptors (Lipinski definition) is 4. The van der Waals surface area contributed by atoms with Crippen molar-refractivity contribution in [2.45, 2.75) is 25.8 Å². The summed E-state index contributed by atoms with van der Waals surface area (Å²) in [6, 6.07) is 18.1. The van der Waals surface area contributed by atoms with E-state index in [1.165, 1.54) is 36.0 Å². The number of nitrogens with one attached hydrogen (secondary N) is 1. The highest BCUT2D eigenvalue weighted by Crippen LogP contribution is 2.28. The Kier molecular flexibility index (Phi) is 6.45. The molecule has 1 amide bonds. The van der Waals surface area contributed by atoms with Crippen molar-refractivity contribution in [2.24, 2.45) is 0 Å². The van der Waals surface area contributed by atoms with Crippen molar-refractivity contribution >= 4 is 33.3 Å². The molecule has 3 N–H and O–H groups in total. The molecular weight excluding hydrogens is 440 g/mol. The molecule has 6 heteroatoms. The van der Waals surface area contributed by atoms with Gasteiger partial charge < -0.3 is 11.1 Å². The van der Waals surface area contributed by atoms with E-state index in [4.69, 9.17) is 5.73 Å². The van der Waals surface area contributed by atoms with Crippen molar-refractivity contribution in [1.29, 1.82) is 0 Å². The van der Waals surface area contributed by atoms with Gasteiger partial charge in [0.1, 0.15) is 5.82 Å². The zero-order valence-corrected chi connectivity index (χ0v) is 18.4. The lowest BCUT2D eigenvalue weighted by molar-refractivity contribution is 0.102. The van der Waals surface area contributed by atoms with Gasteiger partial charge in [-0.1, -0.05) is 42.8 Å². The van der Waals surface area contributed by atoms with Crippen molar-refractivity contribution in [3.05, 3.63) is 76.4 Å². The molecule has 1 aliphatic heterocycles. The topological polar surface area (TPSA) is 71.2 Å². The minimum atomic E-state index is -0.159. The number of nitrogens with zero attached hydrogens (tertiary/aromatic N) is 2. The maximum absolute atomic E-state index is 12.9. The zero-order valence-electron chi connectivity index (χ0n) is 16.8. The summed E-state index contributed by atoms with van der Waals surface area (Å²) >= 11 is 3.35. The number of nitrogen functional groups attached to an aromatic ring is 1. The average molecular weight is 465 g/mol. The second-order valence-corrected chi connectivity index (χ2v) is 8.47. The molecule has 0 bridgehead atoms. The number of amides is 1. The van der Waals surface area contributed by atoms with Gasteiger partial charge in [0.05, 0.1) is 16.4 Å². The molecule has 1 saturated heterocycles. The van der Waals surface area contributed by atoms with Gasteiger partial charge in [-0.15, -0.1) is 0 Å². The van der Waals surface area contributed by atoms with Crippen molar-refractivity contribution in [1.82, 2.24) is 9.88 Å². The standard InChI is InChI=1S/C24H25BrN4O/c25-22-14-20(15-27-23(22)26)28-24(30)18-9-10-21(17-7-3-1-4-8-17)19(13-18)16-29-11-5-2-6-12-29/h1,3-4,7-10,13-15H,2,5-6,11-12,16H2,(H2,26,27)(H,28,30). The van der Waals surface area contributed by atoms with Crippen LogP contribution in [0.2, 0.25) is 0 Å². The van der Waals surface area contributed by atoms with Crippen LogP contribution in [-0.4, -0.2) is 28.9 Å². The lowest BCUT2D eigenvalue weighted by Crippen LogP contribution is -2.29. The molecule has 1 fully saturated rings. The van der Waals surface area contributed by atoms with E-state index in [1.54, 1.807) is 12.3 Å². The first-order chi connectivity index (χ1) is 14.6. The number of rotatable bonds is 5. The van der Waals surface area contributed by atoms with Crippen LogP contribution in [0.25, 0.3) is 11.1 Å². The van der Waals surface area contributed by atoms with Crippen LogP contribution in [0.4, 0.5) is 11.5 Å². The van der Waals surface area contributed by atoms with Crippen LogP contribution in [0.5, 0.6) is 0 Å². The molecule has 4 rings (SSSR count). The molecular formula is C24H25BrN4O. The van der Waals surface area contributed by atoms with E-state index in [1.807, 2.05) is 30.3 Å². The first-order valence-electron chi connectivity index (χ1n) is 10.2. The van der Waals surface area contributed by atoms with E-state index >= 15 is 0 Å². The lowest BCUT2D eigenvalue weighted by atomic mass is 9.96. The SMILES string of the molecule is Nc1ncc(NC(=O)c2ccc(-c3ccccc3)c(CN3CCCCC3)c2)cc1Br. The van der Waals surface area contributed by atoms with E-state index in [9.17, 15) is 4.79 Å². The molecule has 1 aliphatic rings. The summed E-state index contributed by atoms with van der Waals surface area (Å²) in [4.78, 5) is 19.5. The van der Waals surface area contributed by atoms with Gasteiger partial charge in [-0.2, -0.15) is 0 Å². The van der Waals surface area contributed by atoms with Gasteiger partial charge >= 0.3 is 0 Å². The van der Waals surface area contributed by atoms with E-state index in [0.717, 1.165) is 19.6 Å². The smallest absolute Gasteiger partial charge is 0.255 e. The number of carbonyl (C=O) groups is 1. The zero-order chi connectivity index (χ0) is 20.9. The number of benzene rings is 2. The van der Waals surface area contributed by atoms with E-state index in [-0.39, 0.29) is 5.91 Å². The number of halogens is 1. The number of hydrogen-bond donors (Lipinski definition) is 2. The predicted octanol–water partition coefficient (Wildman–Crippen LogP) is 5.33. The second-order valence-electron chi connectivity index (χ2n) is 7.62. The van der Waals surface area contributed by atoms with Gasteiger partial charge in [-0.25, -0.2) is 4.98 Å². The highest BCUT2D eigenvalue weighted by Gasteiger charge is 2.16. The van der Waals surface area contributed by atoms with Crippen LogP contribution in [0.15, 0.2) is 65.3 Å². The van der Waals surface area contributed by atoms with E-state index < -0.39 is 0 Å². The molecule has 30 heavy (non-hydrogen) atoms. The number of piperidine rings is 1. The van der Waals surface area contributed by atoms with Crippen molar-refractivity contribution in [3.8, 4) is 11.1 Å². The maximum atomic E-state index is 12.9. The third kappa shape index (κ3) is 4.89. The quantitative estimate of drug-likeness (QED) is 0.534. The Morgan fingerprint density at radius 1 is 1.07 bits per heavy atom. The van der Waals surface area contributed by atoms with Crippen LogP contribution in [-0.2, 0) is 6.54 Å². The Hall–Kier alpha value is -2.70. The summed E-state index contributed by atoms with van der Waals surface area (Å²) in [5.41, 5.74) is 10.5. The lowest BCUT2D eigenvalue weighted by Gasteiger charge is -2.27. The summed E-state index contributed by atoms with van der Waals surface area (Å²) in [5.74, 6) is 0.233. The van der Waals surface area contributed by atoms with Gasteiger partial charge in [-0.05, 0) is 76.8 Å². The van der Waals surface area contributed by atoms with Gasteiger partial charge in [-0.3, -0.25) is 9.69 Å². The first kappa shape index (κ1) is 20.6. The van der Waals surface area contributed by atoms with Gasteiger partial charge in [0, 0.05) is 12.1 Å². The second kappa shape index (κ2) is 9.41. The van der Waals surface area contributed by atoms with Gasteiger partial charge in [0.2, 0.25) is 0 Å². The molecule has 0 saturated carbocycles. The molecule has 5 nitrogen and oxygen atoms in total. The minimum Gasteiger partial charge on any atom is -0.383 e. The van der Waals surface area contributed by atoms with Crippen molar-refractivity contribution in [2.75, 3.05) is 24.1 Å². The maximum Gasteiger partial charge on any atom is 0.255 e. The molecule has 0 unspecified atom stereocenters.